The Morgan fingerprint density at radius 3 is 2.45 bits per heavy atom. The minimum Gasteiger partial charge on any atom is -0.347 e. The average molecular weight is 280 g/mol. The Hall–Kier alpha value is -2.37. The van der Waals surface area contributed by atoms with Crippen LogP contribution in [0.1, 0.15) is 21.6 Å². The molecular formula is C14H11F3N2O. The van der Waals surface area contributed by atoms with E-state index in [1.165, 1.54) is 30.5 Å². The van der Waals surface area contributed by atoms with Gasteiger partial charge in [-0.2, -0.15) is 13.2 Å². The van der Waals surface area contributed by atoms with Crippen LogP contribution in [-0.4, -0.2) is 10.9 Å². The number of hydrogen-bond acceptors (Lipinski definition) is 2. The highest BCUT2D eigenvalue weighted by Crippen LogP contribution is 2.31. The summed E-state index contributed by atoms with van der Waals surface area (Å²) >= 11 is 0. The van der Waals surface area contributed by atoms with E-state index in [0.29, 0.717) is 0 Å². The normalized spacial score (nSPS) is 11.2. The fourth-order valence-corrected chi connectivity index (χ4v) is 1.71. The lowest BCUT2D eigenvalue weighted by Gasteiger charge is -2.13. The number of benzene rings is 1. The molecule has 0 spiro atoms. The first-order valence-electron chi connectivity index (χ1n) is 5.83. The molecule has 2 aromatic rings. The van der Waals surface area contributed by atoms with Gasteiger partial charge in [-0.3, -0.25) is 9.78 Å². The first kappa shape index (κ1) is 14.0. The molecule has 0 aliphatic carbocycles. The van der Waals surface area contributed by atoms with E-state index in [9.17, 15) is 18.0 Å². The zero-order chi connectivity index (χ0) is 14.6. The van der Waals surface area contributed by atoms with Gasteiger partial charge in [0.2, 0.25) is 0 Å². The minimum absolute atomic E-state index is 0.0179. The van der Waals surface area contributed by atoms with Gasteiger partial charge in [0, 0.05) is 12.7 Å². The Morgan fingerprint density at radius 2 is 1.80 bits per heavy atom. The summed E-state index contributed by atoms with van der Waals surface area (Å²) in [5, 5.41) is 2.43. The van der Waals surface area contributed by atoms with Gasteiger partial charge in [-0.25, -0.2) is 0 Å². The van der Waals surface area contributed by atoms with Gasteiger partial charge in [-0.15, -0.1) is 0 Å². The summed E-state index contributed by atoms with van der Waals surface area (Å²) < 4.78 is 38.3. The molecule has 6 heteroatoms. The summed E-state index contributed by atoms with van der Waals surface area (Å²) in [5.41, 5.74) is -0.567. The van der Waals surface area contributed by atoms with Crippen molar-refractivity contribution in [2.75, 3.05) is 0 Å². The van der Waals surface area contributed by atoms with Gasteiger partial charge in [0.25, 0.3) is 5.91 Å². The number of halogens is 3. The molecule has 1 aromatic heterocycles. The van der Waals surface area contributed by atoms with Crippen LogP contribution in [-0.2, 0) is 12.7 Å². The molecule has 0 aliphatic heterocycles. The maximum absolute atomic E-state index is 12.8. The van der Waals surface area contributed by atoms with Crippen molar-refractivity contribution in [3.05, 3.63) is 65.5 Å². The first-order valence-corrected chi connectivity index (χ1v) is 5.83. The van der Waals surface area contributed by atoms with Crippen LogP contribution in [0, 0.1) is 0 Å². The van der Waals surface area contributed by atoms with Crippen LogP contribution in [0.15, 0.2) is 48.7 Å². The molecule has 1 aromatic carbocycles. The number of carbonyl (C=O) groups is 1. The van der Waals surface area contributed by atoms with Crippen LogP contribution in [0.3, 0.4) is 0 Å². The Balaban J connectivity index is 2.11. The lowest BCUT2D eigenvalue weighted by molar-refractivity contribution is -0.138. The quantitative estimate of drug-likeness (QED) is 0.939. The summed E-state index contributed by atoms with van der Waals surface area (Å²) in [6, 6.07) is 9.90. The first-order chi connectivity index (χ1) is 9.48. The van der Waals surface area contributed by atoms with Crippen LogP contribution >= 0.6 is 0 Å². The van der Waals surface area contributed by atoms with E-state index in [0.717, 1.165) is 6.07 Å². The van der Waals surface area contributed by atoms with Crippen LogP contribution in [0.4, 0.5) is 13.2 Å². The molecule has 2 rings (SSSR count). The molecular weight excluding hydrogens is 269 g/mol. The second-order valence-corrected chi connectivity index (χ2v) is 4.05. The third kappa shape index (κ3) is 3.34. The highest BCUT2D eigenvalue weighted by atomic mass is 19.4. The maximum Gasteiger partial charge on any atom is 0.416 e. The molecule has 104 valence electrons. The third-order valence-corrected chi connectivity index (χ3v) is 2.66. The summed E-state index contributed by atoms with van der Waals surface area (Å²) in [7, 11) is 0. The molecule has 0 atom stereocenters. The van der Waals surface area contributed by atoms with Gasteiger partial charge >= 0.3 is 6.18 Å². The van der Waals surface area contributed by atoms with Crippen molar-refractivity contribution in [2.24, 2.45) is 0 Å². The van der Waals surface area contributed by atoms with Crippen molar-refractivity contribution >= 4 is 5.91 Å². The van der Waals surface area contributed by atoms with Crippen molar-refractivity contribution in [1.29, 1.82) is 0 Å². The molecule has 1 N–H and O–H groups in total. The zero-order valence-corrected chi connectivity index (χ0v) is 10.3. The number of pyridine rings is 1. The molecule has 0 saturated heterocycles. The summed E-state index contributed by atoms with van der Waals surface area (Å²) in [6.45, 7) is -0.203. The van der Waals surface area contributed by atoms with E-state index in [1.807, 2.05) is 0 Å². The van der Waals surface area contributed by atoms with Gasteiger partial charge in [0.1, 0.15) is 5.69 Å². The second kappa shape index (κ2) is 5.73. The van der Waals surface area contributed by atoms with E-state index in [-0.39, 0.29) is 17.8 Å². The Morgan fingerprint density at radius 1 is 1.10 bits per heavy atom. The monoisotopic (exact) mass is 280 g/mol. The molecule has 0 saturated carbocycles. The number of hydrogen-bond donors (Lipinski definition) is 1. The molecule has 0 unspecified atom stereocenters. The number of amides is 1. The Kier molecular flexibility index (Phi) is 4.02. The van der Waals surface area contributed by atoms with Gasteiger partial charge in [-0.05, 0) is 23.8 Å². The van der Waals surface area contributed by atoms with E-state index < -0.39 is 17.6 Å². The highest BCUT2D eigenvalue weighted by Gasteiger charge is 2.32. The van der Waals surface area contributed by atoms with Crippen molar-refractivity contribution in [3.8, 4) is 0 Å². The number of aromatic nitrogens is 1. The number of nitrogens with one attached hydrogen (secondary N) is 1. The van der Waals surface area contributed by atoms with Gasteiger partial charge in [0.15, 0.2) is 0 Å². The molecule has 0 bridgehead atoms. The van der Waals surface area contributed by atoms with Crippen LogP contribution in [0.2, 0.25) is 0 Å². The van der Waals surface area contributed by atoms with Gasteiger partial charge in [-0.1, -0.05) is 24.3 Å². The topological polar surface area (TPSA) is 42.0 Å². The smallest absolute Gasteiger partial charge is 0.347 e. The van der Waals surface area contributed by atoms with E-state index >= 15 is 0 Å². The van der Waals surface area contributed by atoms with Crippen LogP contribution in [0.5, 0.6) is 0 Å². The standard InChI is InChI=1S/C14H11F3N2O/c15-14(16,17)11-6-2-1-5-10(11)9-19-13(20)12-7-3-4-8-18-12/h1-8H,9H2,(H,19,20). The Bertz CT molecular complexity index is 597. The molecule has 1 amide bonds. The lowest BCUT2D eigenvalue weighted by atomic mass is 10.1. The number of alkyl halides is 3. The van der Waals surface area contributed by atoms with Crippen LogP contribution < -0.4 is 5.32 Å². The molecule has 0 fully saturated rings. The average Bonchev–Trinajstić information content (AvgIpc) is 2.45. The predicted molar refractivity (Wildman–Crippen MR) is 66.9 cm³/mol. The molecule has 3 nitrogen and oxygen atoms in total. The zero-order valence-electron chi connectivity index (χ0n) is 10.3. The van der Waals surface area contributed by atoms with Crippen molar-refractivity contribution in [3.63, 3.8) is 0 Å². The van der Waals surface area contributed by atoms with E-state index in [1.54, 1.807) is 12.1 Å². The minimum atomic E-state index is -4.44. The predicted octanol–water partition coefficient (Wildman–Crippen LogP) is 3.03. The fraction of sp³-hybridized carbons (Fsp3) is 0.143. The lowest BCUT2D eigenvalue weighted by Crippen LogP contribution is -2.25. The number of nitrogens with zero attached hydrogens (tertiary/aromatic N) is 1. The number of rotatable bonds is 3. The van der Waals surface area contributed by atoms with Crippen molar-refractivity contribution in [2.45, 2.75) is 12.7 Å². The highest BCUT2D eigenvalue weighted by molar-refractivity contribution is 5.92. The SMILES string of the molecule is O=C(NCc1ccccc1C(F)(F)F)c1ccccn1. The number of carbonyl (C=O) groups excluding carboxylic acids is 1. The molecule has 1 heterocycles. The van der Waals surface area contributed by atoms with Crippen molar-refractivity contribution < 1.29 is 18.0 Å². The molecule has 0 aliphatic rings. The van der Waals surface area contributed by atoms with Crippen molar-refractivity contribution in [1.82, 2.24) is 10.3 Å². The van der Waals surface area contributed by atoms with E-state index in [4.69, 9.17) is 0 Å². The summed E-state index contributed by atoms with van der Waals surface area (Å²) in [6.07, 6.45) is -3.00. The van der Waals surface area contributed by atoms with E-state index in [2.05, 4.69) is 10.3 Å². The molecule has 0 radical (unpaired) electrons. The van der Waals surface area contributed by atoms with Gasteiger partial charge < -0.3 is 5.32 Å². The summed E-state index contributed by atoms with van der Waals surface area (Å²) in [4.78, 5) is 15.6. The van der Waals surface area contributed by atoms with Crippen LogP contribution in [0.25, 0.3) is 0 Å². The maximum atomic E-state index is 12.8. The molecule has 20 heavy (non-hydrogen) atoms. The third-order valence-electron chi connectivity index (χ3n) is 2.66. The Labute approximate surface area is 113 Å². The second-order valence-electron chi connectivity index (χ2n) is 4.05. The summed E-state index contributed by atoms with van der Waals surface area (Å²) in [5.74, 6) is -0.512. The van der Waals surface area contributed by atoms with Gasteiger partial charge in [0.05, 0.1) is 5.56 Å². The largest absolute Gasteiger partial charge is 0.416 e. The fourth-order valence-electron chi connectivity index (χ4n) is 1.71.